The molecule has 1 aromatic carbocycles. The molecule has 0 aliphatic carbocycles. The predicted molar refractivity (Wildman–Crippen MR) is 101 cm³/mol. The van der Waals surface area contributed by atoms with Gasteiger partial charge in [-0.2, -0.15) is 16.7 Å². The maximum Gasteiger partial charge on any atom is 0.230 e. The average molecular weight is 358 g/mol. The average Bonchev–Trinajstić information content (AvgIpc) is 2.60. The summed E-state index contributed by atoms with van der Waals surface area (Å²) in [5.74, 6) is 1.08. The van der Waals surface area contributed by atoms with E-state index in [2.05, 4.69) is 39.5 Å². The standard InChI is InChI=1S/C18H19FN4OS/c1-12(19)8-16(13(2)24-3)17-20-11-21-18(23-17)22-15-7-5-6-14(9-15)10-25-4/h5-9,11H,1-2,10H2,3-4H3,(H,20,21,22,23)/b16-8+. The number of ether oxygens (including phenoxy) is 1. The minimum absolute atomic E-state index is 0.234. The summed E-state index contributed by atoms with van der Waals surface area (Å²) in [4.78, 5) is 12.5. The Kier molecular flexibility index (Phi) is 6.71. The minimum atomic E-state index is -0.645. The minimum Gasteiger partial charge on any atom is -0.497 e. The quantitative estimate of drug-likeness (QED) is 0.554. The van der Waals surface area contributed by atoms with Crippen molar-refractivity contribution in [3.8, 4) is 0 Å². The first-order valence-corrected chi connectivity index (χ1v) is 8.76. The van der Waals surface area contributed by atoms with Crippen molar-refractivity contribution in [2.45, 2.75) is 5.75 Å². The molecule has 7 heteroatoms. The van der Waals surface area contributed by atoms with Crippen molar-refractivity contribution in [2.75, 3.05) is 18.7 Å². The van der Waals surface area contributed by atoms with Crippen LogP contribution in [0.3, 0.4) is 0 Å². The number of nitrogens with zero attached hydrogens (tertiary/aromatic N) is 3. The van der Waals surface area contributed by atoms with E-state index in [9.17, 15) is 4.39 Å². The van der Waals surface area contributed by atoms with Crippen molar-refractivity contribution >= 4 is 29.0 Å². The van der Waals surface area contributed by atoms with E-state index in [4.69, 9.17) is 4.74 Å². The van der Waals surface area contributed by atoms with Gasteiger partial charge in [0.05, 0.1) is 12.7 Å². The predicted octanol–water partition coefficient (Wildman–Crippen LogP) is 4.50. The zero-order chi connectivity index (χ0) is 18.2. The first kappa shape index (κ1) is 18.7. The normalized spacial score (nSPS) is 11.1. The Labute approximate surface area is 150 Å². The molecule has 1 N–H and O–H groups in total. The molecule has 0 bridgehead atoms. The molecule has 0 saturated carbocycles. The number of nitrogens with one attached hydrogen (secondary N) is 1. The molecule has 0 aliphatic heterocycles. The summed E-state index contributed by atoms with van der Waals surface area (Å²) in [7, 11) is 1.44. The Morgan fingerprint density at radius 2 is 2.16 bits per heavy atom. The van der Waals surface area contributed by atoms with Crippen molar-refractivity contribution in [3.05, 3.63) is 72.8 Å². The summed E-state index contributed by atoms with van der Waals surface area (Å²) in [6.07, 6.45) is 4.56. The Morgan fingerprint density at radius 1 is 1.36 bits per heavy atom. The summed E-state index contributed by atoms with van der Waals surface area (Å²) < 4.78 is 18.3. The van der Waals surface area contributed by atoms with Gasteiger partial charge >= 0.3 is 0 Å². The van der Waals surface area contributed by atoms with E-state index < -0.39 is 5.83 Å². The van der Waals surface area contributed by atoms with Crippen LogP contribution in [0, 0.1) is 0 Å². The number of benzene rings is 1. The molecule has 1 aromatic heterocycles. The highest BCUT2D eigenvalue weighted by atomic mass is 32.2. The topological polar surface area (TPSA) is 59.9 Å². The number of methoxy groups -OCH3 is 1. The van der Waals surface area contributed by atoms with Crippen LogP contribution in [0.4, 0.5) is 16.0 Å². The number of rotatable bonds is 8. The summed E-state index contributed by atoms with van der Waals surface area (Å²) in [6.45, 7) is 6.95. The molecule has 0 atom stereocenters. The van der Waals surface area contributed by atoms with Gasteiger partial charge in [-0.15, -0.1) is 0 Å². The van der Waals surface area contributed by atoms with Crippen molar-refractivity contribution in [1.82, 2.24) is 15.0 Å². The molecule has 5 nitrogen and oxygen atoms in total. The third-order valence-electron chi connectivity index (χ3n) is 3.15. The lowest BCUT2D eigenvalue weighted by Gasteiger charge is -2.10. The van der Waals surface area contributed by atoms with Gasteiger partial charge in [0.1, 0.15) is 17.9 Å². The van der Waals surface area contributed by atoms with Gasteiger partial charge in [-0.3, -0.25) is 0 Å². The molecular formula is C18H19FN4OS. The zero-order valence-corrected chi connectivity index (χ0v) is 14.9. The van der Waals surface area contributed by atoms with Crippen LogP contribution in [-0.4, -0.2) is 28.3 Å². The third kappa shape index (κ3) is 5.42. The molecule has 1 heterocycles. The number of halogens is 1. The second-order valence-corrected chi connectivity index (χ2v) is 5.89. The number of hydrogen-bond acceptors (Lipinski definition) is 6. The molecule has 0 amide bonds. The second kappa shape index (κ2) is 8.98. The van der Waals surface area contributed by atoms with Crippen molar-refractivity contribution in [3.63, 3.8) is 0 Å². The van der Waals surface area contributed by atoms with Crippen molar-refractivity contribution in [1.29, 1.82) is 0 Å². The van der Waals surface area contributed by atoms with Crippen LogP contribution in [0.25, 0.3) is 5.57 Å². The first-order chi connectivity index (χ1) is 12.0. The monoisotopic (exact) mass is 358 g/mol. The van der Waals surface area contributed by atoms with E-state index in [-0.39, 0.29) is 11.6 Å². The molecule has 0 unspecified atom stereocenters. The van der Waals surface area contributed by atoms with Crippen LogP contribution in [0.15, 0.2) is 61.4 Å². The van der Waals surface area contributed by atoms with Crippen molar-refractivity contribution in [2.24, 2.45) is 0 Å². The largest absolute Gasteiger partial charge is 0.497 e. The second-order valence-electron chi connectivity index (χ2n) is 5.02. The van der Waals surface area contributed by atoms with Crippen LogP contribution in [-0.2, 0) is 10.5 Å². The number of anilines is 2. The van der Waals surface area contributed by atoms with Gasteiger partial charge in [-0.05, 0) is 30.0 Å². The molecule has 25 heavy (non-hydrogen) atoms. The Balaban J connectivity index is 2.30. The van der Waals surface area contributed by atoms with E-state index in [0.29, 0.717) is 11.5 Å². The van der Waals surface area contributed by atoms with Crippen LogP contribution in [0.1, 0.15) is 11.4 Å². The van der Waals surface area contributed by atoms with E-state index in [1.807, 2.05) is 24.5 Å². The molecule has 0 radical (unpaired) electrons. The van der Waals surface area contributed by atoms with Crippen LogP contribution < -0.4 is 5.32 Å². The number of thioether (sulfide) groups is 1. The molecule has 0 saturated heterocycles. The lowest BCUT2D eigenvalue weighted by molar-refractivity contribution is 0.312. The Bertz CT molecular complexity index is 807. The van der Waals surface area contributed by atoms with Gasteiger partial charge in [0.2, 0.25) is 5.95 Å². The van der Waals surface area contributed by atoms with Crippen molar-refractivity contribution < 1.29 is 9.13 Å². The molecule has 130 valence electrons. The maximum atomic E-state index is 13.2. The van der Waals surface area contributed by atoms with E-state index in [1.165, 1.54) is 25.1 Å². The Morgan fingerprint density at radius 3 is 2.84 bits per heavy atom. The van der Waals surface area contributed by atoms with Gasteiger partial charge in [0.15, 0.2) is 5.82 Å². The smallest absolute Gasteiger partial charge is 0.230 e. The van der Waals surface area contributed by atoms with E-state index in [1.54, 1.807) is 11.8 Å². The lowest BCUT2D eigenvalue weighted by atomic mass is 10.2. The fourth-order valence-electron chi connectivity index (χ4n) is 2.06. The molecule has 2 aromatic rings. The van der Waals surface area contributed by atoms with Crippen LogP contribution >= 0.6 is 11.8 Å². The Hall–Kier alpha value is -2.67. The number of allylic oxidation sites excluding steroid dienone is 3. The zero-order valence-electron chi connectivity index (χ0n) is 14.1. The van der Waals surface area contributed by atoms with E-state index >= 15 is 0 Å². The molecule has 0 aliphatic rings. The SMILES string of the molecule is C=C(F)/C=C(\C(=C)OC)c1ncnc(Nc2cccc(CSC)c2)n1. The highest BCUT2D eigenvalue weighted by Gasteiger charge is 2.12. The molecular weight excluding hydrogens is 339 g/mol. The summed E-state index contributed by atoms with van der Waals surface area (Å²) in [6, 6.07) is 7.95. The van der Waals surface area contributed by atoms with Crippen LogP contribution in [0.5, 0.6) is 0 Å². The number of aromatic nitrogens is 3. The fourth-order valence-corrected chi connectivity index (χ4v) is 2.57. The molecule has 0 fully saturated rings. The summed E-state index contributed by atoms with van der Waals surface area (Å²) in [5, 5.41) is 3.12. The molecule has 0 spiro atoms. The lowest BCUT2D eigenvalue weighted by Crippen LogP contribution is -2.04. The summed E-state index contributed by atoms with van der Waals surface area (Å²) >= 11 is 1.74. The highest BCUT2D eigenvalue weighted by Crippen LogP contribution is 2.23. The van der Waals surface area contributed by atoms with Gasteiger partial charge in [-0.25, -0.2) is 14.4 Å². The van der Waals surface area contributed by atoms with Gasteiger partial charge < -0.3 is 10.1 Å². The van der Waals surface area contributed by atoms with Gasteiger partial charge in [0, 0.05) is 11.4 Å². The van der Waals surface area contributed by atoms with Gasteiger partial charge in [-0.1, -0.05) is 25.3 Å². The maximum absolute atomic E-state index is 13.2. The van der Waals surface area contributed by atoms with E-state index in [0.717, 1.165) is 11.4 Å². The van der Waals surface area contributed by atoms with Gasteiger partial charge in [0.25, 0.3) is 0 Å². The fraction of sp³-hybridized carbons (Fsp3) is 0.167. The highest BCUT2D eigenvalue weighted by molar-refractivity contribution is 7.97. The third-order valence-corrected chi connectivity index (χ3v) is 3.78. The first-order valence-electron chi connectivity index (χ1n) is 7.37. The van der Waals surface area contributed by atoms with Crippen LogP contribution in [0.2, 0.25) is 0 Å². The number of hydrogen-bond donors (Lipinski definition) is 1. The molecule has 2 rings (SSSR count). The summed E-state index contributed by atoms with van der Waals surface area (Å²) in [5.41, 5.74) is 2.35.